The molecule has 4 rings (SSSR count). The maximum absolute atomic E-state index is 12.8. The Morgan fingerprint density at radius 3 is 2.28 bits per heavy atom. The van der Waals surface area contributed by atoms with Crippen molar-refractivity contribution in [1.82, 2.24) is 9.21 Å². The molecule has 1 aromatic rings. The molecule has 0 bridgehead atoms. The van der Waals surface area contributed by atoms with Crippen molar-refractivity contribution < 1.29 is 13.2 Å². The first-order valence-electron chi connectivity index (χ1n) is 11.4. The van der Waals surface area contributed by atoms with Gasteiger partial charge in [0.25, 0.3) is 0 Å². The first-order chi connectivity index (χ1) is 14.0. The number of hydrogen-bond acceptors (Lipinski definition) is 3. The molecule has 0 radical (unpaired) electrons. The third-order valence-corrected chi connectivity index (χ3v) is 9.06. The second-order valence-corrected chi connectivity index (χ2v) is 11.0. The van der Waals surface area contributed by atoms with E-state index in [4.69, 9.17) is 0 Å². The Labute approximate surface area is 175 Å². The minimum atomic E-state index is -3.38. The third-order valence-electron chi connectivity index (χ3n) is 7.15. The molecule has 160 valence electrons. The normalized spacial score (nSPS) is 26.1. The Hall–Kier alpha value is -1.40. The quantitative estimate of drug-likeness (QED) is 0.730. The van der Waals surface area contributed by atoms with E-state index in [0.29, 0.717) is 36.7 Å². The zero-order valence-electron chi connectivity index (χ0n) is 17.4. The summed E-state index contributed by atoms with van der Waals surface area (Å²) in [7, 11) is -3.38. The van der Waals surface area contributed by atoms with Gasteiger partial charge in [0.1, 0.15) is 0 Å². The van der Waals surface area contributed by atoms with E-state index in [2.05, 4.69) is 4.90 Å². The molecule has 2 aliphatic heterocycles. The number of piperidine rings is 2. The van der Waals surface area contributed by atoms with E-state index in [0.717, 1.165) is 43.8 Å². The van der Waals surface area contributed by atoms with Crippen molar-refractivity contribution >= 4 is 15.9 Å². The van der Waals surface area contributed by atoms with Gasteiger partial charge in [-0.25, -0.2) is 8.42 Å². The van der Waals surface area contributed by atoms with E-state index < -0.39 is 10.0 Å². The van der Waals surface area contributed by atoms with Crippen LogP contribution in [0.2, 0.25) is 0 Å². The Bertz CT molecular complexity index is 800. The second kappa shape index (κ2) is 9.17. The lowest BCUT2D eigenvalue weighted by Crippen LogP contribution is -2.44. The molecule has 1 amide bonds. The van der Waals surface area contributed by atoms with Crippen LogP contribution in [0.5, 0.6) is 0 Å². The van der Waals surface area contributed by atoms with Crippen LogP contribution in [0.3, 0.4) is 0 Å². The summed E-state index contributed by atoms with van der Waals surface area (Å²) in [6, 6.07) is 7.16. The maximum Gasteiger partial charge on any atom is 0.243 e. The highest BCUT2D eigenvalue weighted by Gasteiger charge is 2.32. The summed E-state index contributed by atoms with van der Waals surface area (Å²) in [5, 5.41) is 0. The number of hydrogen-bond donors (Lipinski definition) is 0. The molecule has 3 aliphatic rings. The predicted octanol–water partition coefficient (Wildman–Crippen LogP) is 3.83. The maximum atomic E-state index is 12.8. The van der Waals surface area contributed by atoms with Crippen molar-refractivity contribution in [2.24, 2.45) is 11.8 Å². The number of aryl methyl sites for hydroxylation is 1. The molecular formula is C23H34N2O3S. The number of sulfonamides is 1. The summed E-state index contributed by atoms with van der Waals surface area (Å²) in [6.45, 7) is 3.09. The van der Waals surface area contributed by atoms with E-state index in [1.165, 1.54) is 32.1 Å². The van der Waals surface area contributed by atoms with Crippen LogP contribution < -0.4 is 0 Å². The first kappa shape index (κ1) is 20.9. The van der Waals surface area contributed by atoms with Crippen LogP contribution in [0.1, 0.15) is 63.4 Å². The Kier molecular flexibility index (Phi) is 6.60. The zero-order chi connectivity index (χ0) is 20.3. The van der Waals surface area contributed by atoms with E-state index in [1.807, 2.05) is 12.1 Å². The zero-order valence-corrected chi connectivity index (χ0v) is 18.2. The van der Waals surface area contributed by atoms with Crippen molar-refractivity contribution in [1.29, 1.82) is 0 Å². The number of amides is 1. The fourth-order valence-corrected chi connectivity index (χ4v) is 6.84. The lowest BCUT2D eigenvalue weighted by Gasteiger charge is -2.41. The molecule has 0 N–H and O–H groups in total. The molecule has 2 heterocycles. The fraction of sp³-hybridized carbons (Fsp3) is 0.696. The SMILES string of the molecule is O=C(CCc1ccc(S(=O)(=O)N2CCCCC2)cc1)N1CC[C@H]2CCCC[C@H]2C1. The van der Waals surface area contributed by atoms with Gasteiger partial charge in [0.2, 0.25) is 15.9 Å². The van der Waals surface area contributed by atoms with Crippen molar-refractivity contribution in [3.8, 4) is 0 Å². The summed E-state index contributed by atoms with van der Waals surface area (Å²) in [6.07, 6.45) is 10.6. The van der Waals surface area contributed by atoms with Gasteiger partial charge in [-0.05, 0) is 61.6 Å². The third kappa shape index (κ3) is 4.85. The van der Waals surface area contributed by atoms with Gasteiger partial charge < -0.3 is 4.90 Å². The highest BCUT2D eigenvalue weighted by Crippen LogP contribution is 2.36. The predicted molar refractivity (Wildman–Crippen MR) is 114 cm³/mol. The number of benzene rings is 1. The molecule has 2 atom stereocenters. The minimum absolute atomic E-state index is 0.249. The van der Waals surface area contributed by atoms with E-state index in [-0.39, 0.29) is 5.91 Å². The van der Waals surface area contributed by atoms with Crippen molar-refractivity contribution in [2.45, 2.75) is 69.1 Å². The summed E-state index contributed by atoms with van der Waals surface area (Å²) < 4.78 is 27.1. The van der Waals surface area contributed by atoms with Gasteiger partial charge in [0.05, 0.1) is 4.90 Å². The number of likely N-dealkylation sites (tertiary alicyclic amines) is 1. The molecule has 3 fully saturated rings. The van der Waals surface area contributed by atoms with Gasteiger partial charge in [-0.1, -0.05) is 37.8 Å². The molecule has 0 spiro atoms. The smallest absolute Gasteiger partial charge is 0.243 e. The van der Waals surface area contributed by atoms with Gasteiger partial charge in [-0.15, -0.1) is 0 Å². The summed E-state index contributed by atoms with van der Waals surface area (Å²) >= 11 is 0. The monoisotopic (exact) mass is 418 g/mol. The lowest BCUT2D eigenvalue weighted by atomic mass is 9.75. The van der Waals surface area contributed by atoms with Gasteiger partial charge >= 0.3 is 0 Å². The Balaban J connectivity index is 1.30. The molecule has 1 aliphatic carbocycles. The van der Waals surface area contributed by atoms with Crippen LogP contribution in [0.4, 0.5) is 0 Å². The van der Waals surface area contributed by atoms with Crippen molar-refractivity contribution in [2.75, 3.05) is 26.2 Å². The highest BCUT2D eigenvalue weighted by atomic mass is 32.2. The van der Waals surface area contributed by atoms with Gasteiger partial charge in [-0.2, -0.15) is 4.31 Å². The molecule has 5 nitrogen and oxygen atoms in total. The van der Waals surface area contributed by atoms with E-state index in [1.54, 1.807) is 16.4 Å². The van der Waals surface area contributed by atoms with Crippen molar-refractivity contribution in [3.63, 3.8) is 0 Å². The Morgan fingerprint density at radius 1 is 0.862 bits per heavy atom. The number of carbonyl (C=O) groups is 1. The van der Waals surface area contributed by atoms with Crippen LogP contribution >= 0.6 is 0 Å². The second-order valence-electron chi connectivity index (χ2n) is 9.04. The van der Waals surface area contributed by atoms with E-state index in [9.17, 15) is 13.2 Å². The van der Waals surface area contributed by atoms with Crippen LogP contribution in [0.15, 0.2) is 29.2 Å². The van der Waals surface area contributed by atoms with Crippen LogP contribution in [-0.4, -0.2) is 49.7 Å². The molecule has 0 unspecified atom stereocenters. The Morgan fingerprint density at radius 2 is 1.55 bits per heavy atom. The standard InChI is InChI=1S/C23H34N2O3S/c26-23(24-17-14-20-6-2-3-7-21(20)18-24)13-10-19-8-11-22(12-9-19)29(27,28)25-15-4-1-5-16-25/h8-9,11-12,20-21H,1-7,10,13-18H2/t20-,21+/m1/s1. The minimum Gasteiger partial charge on any atom is -0.342 e. The highest BCUT2D eigenvalue weighted by molar-refractivity contribution is 7.89. The molecule has 29 heavy (non-hydrogen) atoms. The molecule has 6 heteroatoms. The van der Waals surface area contributed by atoms with Gasteiger partial charge in [0, 0.05) is 32.6 Å². The molecular weight excluding hydrogens is 384 g/mol. The van der Waals surface area contributed by atoms with Crippen LogP contribution in [0, 0.1) is 11.8 Å². The fourth-order valence-electron chi connectivity index (χ4n) is 5.32. The van der Waals surface area contributed by atoms with E-state index >= 15 is 0 Å². The van der Waals surface area contributed by atoms with Gasteiger partial charge in [0.15, 0.2) is 0 Å². The van der Waals surface area contributed by atoms with Crippen LogP contribution in [0.25, 0.3) is 0 Å². The number of rotatable bonds is 5. The topological polar surface area (TPSA) is 57.7 Å². The lowest BCUT2D eigenvalue weighted by molar-refractivity contribution is -0.134. The molecule has 2 saturated heterocycles. The number of carbonyl (C=O) groups excluding carboxylic acids is 1. The van der Waals surface area contributed by atoms with Gasteiger partial charge in [-0.3, -0.25) is 4.79 Å². The molecule has 1 saturated carbocycles. The summed E-state index contributed by atoms with van der Waals surface area (Å²) in [5.74, 6) is 1.79. The van der Waals surface area contributed by atoms with Crippen LogP contribution in [-0.2, 0) is 21.2 Å². The molecule has 0 aromatic heterocycles. The average molecular weight is 419 g/mol. The average Bonchev–Trinajstić information content (AvgIpc) is 2.78. The van der Waals surface area contributed by atoms with Crippen molar-refractivity contribution in [3.05, 3.63) is 29.8 Å². The largest absolute Gasteiger partial charge is 0.342 e. The molecule has 1 aromatic carbocycles. The summed E-state index contributed by atoms with van der Waals surface area (Å²) in [5.41, 5.74) is 1.03. The number of nitrogens with zero attached hydrogens (tertiary/aromatic N) is 2. The number of fused-ring (bicyclic) bond motifs is 1. The first-order valence-corrected chi connectivity index (χ1v) is 12.8. The summed E-state index contributed by atoms with van der Waals surface area (Å²) in [4.78, 5) is 15.1.